The van der Waals surface area contributed by atoms with E-state index in [0.717, 1.165) is 17.7 Å². The minimum atomic E-state index is -0.904. The first-order valence-electron chi connectivity index (χ1n) is 6.32. The molecule has 2 aliphatic rings. The first-order valence-corrected chi connectivity index (χ1v) is 6.32. The van der Waals surface area contributed by atoms with Gasteiger partial charge in [0.15, 0.2) is 0 Å². The molecule has 2 heterocycles. The molecule has 0 saturated heterocycles. The predicted octanol–water partition coefficient (Wildman–Crippen LogP) is 1.44. The third-order valence-corrected chi connectivity index (χ3v) is 3.94. The Balaban J connectivity index is 1.96. The summed E-state index contributed by atoms with van der Waals surface area (Å²) in [7, 11) is 0. The fraction of sp³-hybridized carbons (Fsp3) is 0.538. The number of carbonyl (C=O) groups is 1. The fourth-order valence-electron chi connectivity index (χ4n) is 2.79. The molecule has 1 atom stereocenters. The van der Waals surface area contributed by atoms with Crippen LogP contribution >= 0.6 is 0 Å². The fourth-order valence-corrected chi connectivity index (χ4v) is 2.79. The van der Waals surface area contributed by atoms with Gasteiger partial charge in [-0.15, -0.1) is 0 Å². The zero-order valence-electron chi connectivity index (χ0n) is 10.1. The molecular weight excluding hydrogens is 232 g/mol. The van der Waals surface area contributed by atoms with Crippen LogP contribution in [0.1, 0.15) is 24.1 Å². The van der Waals surface area contributed by atoms with E-state index >= 15 is 0 Å². The van der Waals surface area contributed by atoms with Crippen LogP contribution in [0.25, 0.3) is 0 Å². The monoisotopic (exact) mass is 248 g/mol. The number of nitrogens with zero attached hydrogens (tertiary/aromatic N) is 1. The van der Waals surface area contributed by atoms with Gasteiger partial charge in [-0.25, -0.2) is 4.79 Å². The van der Waals surface area contributed by atoms with Crippen LogP contribution < -0.4 is 5.56 Å². The zero-order valence-corrected chi connectivity index (χ0v) is 10.1. The highest BCUT2D eigenvalue weighted by Gasteiger charge is 2.35. The number of nitrogens with one attached hydrogen (secondary N) is 1. The van der Waals surface area contributed by atoms with E-state index in [2.05, 4.69) is 4.98 Å². The first-order chi connectivity index (χ1) is 8.63. The SMILES string of the molecule is O=C(O)N1Cc2[nH]c(=O)ccc2CC(C2CC2)C1. The van der Waals surface area contributed by atoms with Gasteiger partial charge in [0.2, 0.25) is 5.56 Å². The Bertz CT molecular complexity index is 533. The Morgan fingerprint density at radius 3 is 2.78 bits per heavy atom. The summed E-state index contributed by atoms with van der Waals surface area (Å²) < 4.78 is 0. The van der Waals surface area contributed by atoms with Crippen molar-refractivity contribution in [1.29, 1.82) is 0 Å². The smallest absolute Gasteiger partial charge is 0.407 e. The number of pyridine rings is 1. The summed E-state index contributed by atoms with van der Waals surface area (Å²) in [6, 6.07) is 3.37. The molecule has 1 aromatic rings. The molecule has 1 unspecified atom stereocenters. The molecule has 5 nitrogen and oxygen atoms in total. The van der Waals surface area contributed by atoms with Crippen molar-refractivity contribution < 1.29 is 9.90 Å². The van der Waals surface area contributed by atoms with Crippen LogP contribution in [-0.2, 0) is 13.0 Å². The average Bonchev–Trinajstić information content (AvgIpc) is 3.13. The predicted molar refractivity (Wildman–Crippen MR) is 65.4 cm³/mol. The number of carboxylic acid groups (broad SMARTS) is 1. The van der Waals surface area contributed by atoms with E-state index in [1.54, 1.807) is 0 Å². The van der Waals surface area contributed by atoms with Crippen molar-refractivity contribution in [3.05, 3.63) is 33.7 Å². The number of hydrogen-bond acceptors (Lipinski definition) is 2. The molecule has 1 fully saturated rings. The molecule has 2 N–H and O–H groups in total. The van der Waals surface area contributed by atoms with Crippen molar-refractivity contribution in [3.63, 3.8) is 0 Å². The summed E-state index contributed by atoms with van der Waals surface area (Å²) in [4.78, 5) is 26.8. The number of H-pyrrole nitrogens is 1. The van der Waals surface area contributed by atoms with E-state index in [9.17, 15) is 14.7 Å². The van der Waals surface area contributed by atoms with Gasteiger partial charge < -0.3 is 15.0 Å². The third kappa shape index (κ3) is 2.12. The van der Waals surface area contributed by atoms with Crippen LogP contribution in [0.4, 0.5) is 4.79 Å². The van der Waals surface area contributed by atoms with Gasteiger partial charge >= 0.3 is 6.09 Å². The number of fused-ring (bicyclic) bond motifs is 1. The minimum Gasteiger partial charge on any atom is -0.465 e. The lowest BCUT2D eigenvalue weighted by Crippen LogP contribution is -2.33. The highest BCUT2D eigenvalue weighted by atomic mass is 16.4. The van der Waals surface area contributed by atoms with E-state index in [0.29, 0.717) is 24.9 Å². The van der Waals surface area contributed by atoms with Crippen molar-refractivity contribution in [1.82, 2.24) is 9.88 Å². The lowest BCUT2D eigenvalue weighted by atomic mass is 9.95. The quantitative estimate of drug-likeness (QED) is 0.789. The molecule has 1 aromatic heterocycles. The maximum Gasteiger partial charge on any atom is 0.407 e. The number of rotatable bonds is 1. The molecule has 1 aliphatic carbocycles. The molecule has 5 heteroatoms. The summed E-state index contributed by atoms with van der Waals surface area (Å²) in [5.41, 5.74) is 1.69. The zero-order chi connectivity index (χ0) is 12.7. The molecule has 0 spiro atoms. The normalized spacial score (nSPS) is 23.3. The molecule has 18 heavy (non-hydrogen) atoms. The molecular formula is C13H16N2O3. The summed E-state index contributed by atoms with van der Waals surface area (Å²) in [6.45, 7) is 0.876. The number of aromatic nitrogens is 1. The van der Waals surface area contributed by atoms with Crippen molar-refractivity contribution in [2.24, 2.45) is 11.8 Å². The molecule has 3 rings (SSSR count). The lowest BCUT2D eigenvalue weighted by molar-refractivity contribution is 0.133. The van der Waals surface area contributed by atoms with E-state index in [4.69, 9.17) is 0 Å². The minimum absolute atomic E-state index is 0.163. The standard InChI is InChI=1S/C13H16N2O3/c16-12-4-3-9-5-10(8-1-2-8)6-15(13(17)18)7-11(9)14-12/h3-4,8,10H,1-2,5-7H2,(H,14,16)(H,17,18). The van der Waals surface area contributed by atoms with Gasteiger partial charge in [-0.1, -0.05) is 6.07 Å². The second-order valence-corrected chi connectivity index (χ2v) is 5.29. The summed E-state index contributed by atoms with van der Waals surface area (Å²) in [6.07, 6.45) is 2.38. The molecule has 96 valence electrons. The molecule has 0 radical (unpaired) electrons. The summed E-state index contributed by atoms with van der Waals surface area (Å²) in [5, 5.41) is 9.21. The van der Waals surface area contributed by atoms with E-state index < -0.39 is 6.09 Å². The lowest BCUT2D eigenvalue weighted by Gasteiger charge is -2.21. The van der Waals surface area contributed by atoms with Crippen molar-refractivity contribution in [3.8, 4) is 0 Å². The van der Waals surface area contributed by atoms with Gasteiger partial charge in [-0.3, -0.25) is 4.79 Å². The highest BCUT2D eigenvalue weighted by Crippen LogP contribution is 2.40. The van der Waals surface area contributed by atoms with E-state index in [1.165, 1.54) is 23.8 Å². The topological polar surface area (TPSA) is 73.4 Å². The molecule has 1 aliphatic heterocycles. The van der Waals surface area contributed by atoms with Crippen molar-refractivity contribution >= 4 is 6.09 Å². The number of hydrogen-bond donors (Lipinski definition) is 2. The van der Waals surface area contributed by atoms with Crippen molar-refractivity contribution in [2.45, 2.75) is 25.8 Å². The molecule has 1 amide bonds. The highest BCUT2D eigenvalue weighted by molar-refractivity contribution is 5.65. The van der Waals surface area contributed by atoms with Gasteiger partial charge in [0.25, 0.3) is 0 Å². The summed E-state index contributed by atoms with van der Waals surface area (Å²) in [5.74, 6) is 1.05. The molecule has 1 saturated carbocycles. The average molecular weight is 248 g/mol. The number of aromatic amines is 1. The molecule has 0 aromatic carbocycles. The van der Waals surface area contributed by atoms with Crippen LogP contribution in [0.5, 0.6) is 0 Å². The van der Waals surface area contributed by atoms with Crippen LogP contribution in [0.2, 0.25) is 0 Å². The Labute approximate surface area is 104 Å². The second kappa shape index (κ2) is 4.15. The van der Waals surface area contributed by atoms with Crippen LogP contribution in [-0.4, -0.2) is 27.6 Å². The number of amides is 1. The van der Waals surface area contributed by atoms with Crippen molar-refractivity contribution in [2.75, 3.05) is 6.54 Å². The maximum absolute atomic E-state index is 11.3. The Morgan fingerprint density at radius 1 is 1.33 bits per heavy atom. The molecule has 0 bridgehead atoms. The Morgan fingerprint density at radius 2 is 2.11 bits per heavy atom. The van der Waals surface area contributed by atoms with E-state index in [1.807, 2.05) is 6.07 Å². The first kappa shape index (κ1) is 11.3. The van der Waals surface area contributed by atoms with E-state index in [-0.39, 0.29) is 5.56 Å². The van der Waals surface area contributed by atoms with Gasteiger partial charge in [-0.2, -0.15) is 0 Å². The largest absolute Gasteiger partial charge is 0.465 e. The second-order valence-electron chi connectivity index (χ2n) is 5.29. The van der Waals surface area contributed by atoms with Gasteiger partial charge in [0.1, 0.15) is 0 Å². The Kier molecular flexibility index (Phi) is 2.61. The third-order valence-electron chi connectivity index (χ3n) is 3.94. The van der Waals surface area contributed by atoms with Gasteiger partial charge in [0, 0.05) is 18.3 Å². The summed E-state index contributed by atoms with van der Waals surface area (Å²) >= 11 is 0. The Hall–Kier alpha value is -1.78. The van der Waals surface area contributed by atoms with Crippen LogP contribution in [0.15, 0.2) is 16.9 Å². The van der Waals surface area contributed by atoms with Gasteiger partial charge in [-0.05, 0) is 36.7 Å². The van der Waals surface area contributed by atoms with Crippen LogP contribution in [0, 0.1) is 11.8 Å². The van der Waals surface area contributed by atoms with Gasteiger partial charge in [0.05, 0.1) is 6.54 Å². The van der Waals surface area contributed by atoms with Crippen LogP contribution in [0.3, 0.4) is 0 Å². The maximum atomic E-state index is 11.3.